The second-order valence-electron chi connectivity index (χ2n) is 7.60. The van der Waals surface area contributed by atoms with Crippen molar-refractivity contribution in [3.8, 4) is 5.75 Å². The van der Waals surface area contributed by atoms with Gasteiger partial charge in [0.25, 0.3) is 5.91 Å². The van der Waals surface area contributed by atoms with Gasteiger partial charge in [0, 0.05) is 42.0 Å². The summed E-state index contributed by atoms with van der Waals surface area (Å²) in [7, 11) is 0. The number of amides is 1. The molecule has 0 radical (unpaired) electrons. The van der Waals surface area contributed by atoms with E-state index in [1.807, 2.05) is 30.3 Å². The second-order valence-corrected chi connectivity index (χ2v) is 8.45. The molecule has 3 aromatic carbocycles. The van der Waals surface area contributed by atoms with Crippen LogP contribution in [0.1, 0.15) is 21.5 Å². The van der Waals surface area contributed by atoms with Crippen molar-refractivity contribution in [3.05, 3.63) is 93.5 Å². The largest absolute Gasteiger partial charge is 0.487 e. The number of ether oxygens (including phenoxy) is 2. The fourth-order valence-corrected chi connectivity index (χ4v) is 3.80. The van der Waals surface area contributed by atoms with Gasteiger partial charge in [0.2, 0.25) is 0 Å². The first-order valence-corrected chi connectivity index (χ1v) is 11.2. The second kappa shape index (κ2) is 10.8. The van der Waals surface area contributed by atoms with Crippen molar-refractivity contribution in [2.24, 2.45) is 0 Å². The number of carbonyl (C=O) groups is 1. The molecule has 1 fully saturated rings. The monoisotopic (exact) mass is 470 g/mol. The van der Waals surface area contributed by atoms with Gasteiger partial charge in [0.05, 0.1) is 18.2 Å². The van der Waals surface area contributed by atoms with Crippen LogP contribution in [0.4, 0.5) is 5.69 Å². The van der Waals surface area contributed by atoms with Gasteiger partial charge in [-0.25, -0.2) is 0 Å². The predicted octanol–water partition coefficient (Wildman–Crippen LogP) is 5.66. The average molecular weight is 471 g/mol. The Bertz CT molecular complexity index is 1070. The molecule has 1 N–H and O–H groups in total. The third-order valence-corrected chi connectivity index (χ3v) is 5.75. The van der Waals surface area contributed by atoms with Crippen molar-refractivity contribution < 1.29 is 14.3 Å². The minimum absolute atomic E-state index is 0.154. The van der Waals surface area contributed by atoms with E-state index in [0.717, 1.165) is 49.7 Å². The molecule has 5 nitrogen and oxygen atoms in total. The van der Waals surface area contributed by atoms with Crippen LogP contribution in [0, 0.1) is 0 Å². The number of nitrogens with one attached hydrogen (secondary N) is 1. The summed E-state index contributed by atoms with van der Waals surface area (Å²) in [6.07, 6.45) is 0. The zero-order chi connectivity index (χ0) is 22.3. The molecular weight excluding hydrogens is 447 g/mol. The summed E-state index contributed by atoms with van der Waals surface area (Å²) in [5.74, 6) is 0.372. The van der Waals surface area contributed by atoms with Gasteiger partial charge in [-0.1, -0.05) is 47.5 Å². The first-order chi connectivity index (χ1) is 15.6. The van der Waals surface area contributed by atoms with Crippen LogP contribution in [0.3, 0.4) is 0 Å². The number of anilines is 1. The van der Waals surface area contributed by atoms with Gasteiger partial charge in [0.15, 0.2) is 0 Å². The number of hydrogen-bond acceptors (Lipinski definition) is 4. The van der Waals surface area contributed by atoms with Crippen LogP contribution in [0.5, 0.6) is 5.75 Å². The summed E-state index contributed by atoms with van der Waals surface area (Å²) in [6.45, 7) is 4.56. The number of rotatable bonds is 7. The van der Waals surface area contributed by atoms with Crippen LogP contribution in [0.15, 0.2) is 66.7 Å². The van der Waals surface area contributed by atoms with Gasteiger partial charge < -0.3 is 14.8 Å². The minimum Gasteiger partial charge on any atom is -0.487 e. The van der Waals surface area contributed by atoms with Crippen molar-refractivity contribution in [3.63, 3.8) is 0 Å². The lowest BCUT2D eigenvalue weighted by Crippen LogP contribution is -2.35. The molecule has 32 heavy (non-hydrogen) atoms. The molecule has 0 saturated carbocycles. The molecule has 0 aromatic heterocycles. The molecule has 1 amide bonds. The summed E-state index contributed by atoms with van der Waals surface area (Å²) >= 11 is 12.1. The zero-order valence-corrected chi connectivity index (χ0v) is 19.0. The van der Waals surface area contributed by atoms with Gasteiger partial charge >= 0.3 is 0 Å². The van der Waals surface area contributed by atoms with E-state index in [9.17, 15) is 4.79 Å². The molecule has 4 rings (SSSR count). The van der Waals surface area contributed by atoms with Gasteiger partial charge in [-0.3, -0.25) is 9.69 Å². The summed E-state index contributed by atoms with van der Waals surface area (Å²) in [5.41, 5.74) is 3.44. The Morgan fingerprint density at radius 1 is 0.969 bits per heavy atom. The first kappa shape index (κ1) is 22.6. The molecular formula is C25H24Cl2N2O3. The number of halogens is 2. The van der Waals surface area contributed by atoms with Crippen molar-refractivity contribution in [2.75, 3.05) is 31.6 Å². The average Bonchev–Trinajstić information content (AvgIpc) is 2.81. The summed E-state index contributed by atoms with van der Waals surface area (Å²) in [4.78, 5) is 15.0. The van der Waals surface area contributed by atoms with E-state index in [0.29, 0.717) is 28.0 Å². The van der Waals surface area contributed by atoms with Gasteiger partial charge in [-0.05, 0) is 47.5 Å². The Labute approximate surface area is 197 Å². The van der Waals surface area contributed by atoms with E-state index in [2.05, 4.69) is 16.3 Å². The number of hydrogen-bond donors (Lipinski definition) is 1. The molecule has 1 aliphatic rings. The SMILES string of the molecule is O=C(Nc1cccc(CN2CCOCC2)c1)c1ccc(COc2cc(Cl)ccc2Cl)cc1. The van der Waals surface area contributed by atoms with E-state index >= 15 is 0 Å². The number of benzene rings is 3. The predicted molar refractivity (Wildman–Crippen MR) is 128 cm³/mol. The topological polar surface area (TPSA) is 50.8 Å². The smallest absolute Gasteiger partial charge is 0.255 e. The molecule has 1 aliphatic heterocycles. The van der Waals surface area contributed by atoms with Crippen LogP contribution >= 0.6 is 23.2 Å². The van der Waals surface area contributed by atoms with Crippen LogP contribution in [0.25, 0.3) is 0 Å². The highest BCUT2D eigenvalue weighted by Gasteiger charge is 2.12. The van der Waals surface area contributed by atoms with Crippen molar-refractivity contribution in [1.29, 1.82) is 0 Å². The molecule has 0 atom stereocenters. The Balaban J connectivity index is 1.33. The maximum Gasteiger partial charge on any atom is 0.255 e. The standard InChI is InChI=1S/C25H24Cl2N2O3/c26-21-8-9-23(27)24(15-21)32-17-18-4-6-20(7-5-18)25(30)28-22-3-1-2-19(14-22)16-29-10-12-31-13-11-29/h1-9,14-15H,10-13,16-17H2,(H,28,30). The third kappa shape index (κ3) is 6.24. The molecule has 0 spiro atoms. The van der Waals surface area contributed by atoms with Gasteiger partial charge in [0.1, 0.15) is 12.4 Å². The van der Waals surface area contributed by atoms with Crippen molar-refractivity contribution in [1.82, 2.24) is 4.90 Å². The van der Waals surface area contributed by atoms with Crippen molar-refractivity contribution in [2.45, 2.75) is 13.2 Å². The fourth-order valence-electron chi connectivity index (χ4n) is 3.47. The van der Waals surface area contributed by atoms with Crippen LogP contribution in [-0.4, -0.2) is 37.1 Å². The normalized spacial score (nSPS) is 14.2. The molecule has 0 aliphatic carbocycles. The molecule has 1 heterocycles. The van der Waals surface area contributed by atoms with Crippen molar-refractivity contribution >= 4 is 34.8 Å². The highest BCUT2D eigenvalue weighted by atomic mass is 35.5. The Hall–Kier alpha value is -2.57. The van der Waals surface area contributed by atoms with E-state index in [1.54, 1.807) is 30.3 Å². The minimum atomic E-state index is -0.154. The number of carbonyl (C=O) groups excluding carboxylic acids is 1. The molecule has 166 valence electrons. The lowest BCUT2D eigenvalue weighted by molar-refractivity contribution is 0.0342. The Morgan fingerprint density at radius 3 is 2.53 bits per heavy atom. The molecule has 0 unspecified atom stereocenters. The molecule has 0 bridgehead atoms. The summed E-state index contributed by atoms with van der Waals surface area (Å²) in [5, 5.41) is 4.04. The maximum atomic E-state index is 12.7. The lowest BCUT2D eigenvalue weighted by atomic mass is 10.1. The van der Waals surface area contributed by atoms with E-state index in [4.69, 9.17) is 32.7 Å². The highest BCUT2D eigenvalue weighted by molar-refractivity contribution is 6.34. The Morgan fingerprint density at radius 2 is 1.75 bits per heavy atom. The lowest BCUT2D eigenvalue weighted by Gasteiger charge is -2.26. The van der Waals surface area contributed by atoms with E-state index in [1.165, 1.54) is 0 Å². The molecule has 1 saturated heterocycles. The number of nitrogens with zero attached hydrogens (tertiary/aromatic N) is 1. The summed E-state index contributed by atoms with van der Waals surface area (Å²) < 4.78 is 11.1. The Kier molecular flexibility index (Phi) is 7.66. The third-order valence-electron chi connectivity index (χ3n) is 5.20. The first-order valence-electron chi connectivity index (χ1n) is 10.4. The molecule has 3 aromatic rings. The number of morpholine rings is 1. The molecule has 7 heteroatoms. The van der Waals surface area contributed by atoms with Crippen LogP contribution < -0.4 is 10.1 Å². The maximum absolute atomic E-state index is 12.7. The quantitative estimate of drug-likeness (QED) is 0.484. The summed E-state index contributed by atoms with van der Waals surface area (Å²) in [6, 6.07) is 20.3. The van der Waals surface area contributed by atoms with Gasteiger partial charge in [-0.2, -0.15) is 0 Å². The van der Waals surface area contributed by atoms with E-state index in [-0.39, 0.29) is 5.91 Å². The van der Waals surface area contributed by atoms with Gasteiger partial charge in [-0.15, -0.1) is 0 Å². The van der Waals surface area contributed by atoms with Crippen LogP contribution in [-0.2, 0) is 17.9 Å². The van der Waals surface area contributed by atoms with Crippen LogP contribution in [0.2, 0.25) is 10.0 Å². The zero-order valence-electron chi connectivity index (χ0n) is 17.5. The fraction of sp³-hybridized carbons (Fsp3) is 0.240. The van der Waals surface area contributed by atoms with E-state index < -0.39 is 0 Å². The highest BCUT2D eigenvalue weighted by Crippen LogP contribution is 2.28.